The van der Waals surface area contributed by atoms with Gasteiger partial charge in [0.2, 0.25) is 0 Å². The highest BCUT2D eigenvalue weighted by molar-refractivity contribution is 5.73. The molecule has 0 heterocycles. The van der Waals surface area contributed by atoms with Crippen molar-refractivity contribution in [2.75, 3.05) is 0 Å². The van der Waals surface area contributed by atoms with Crippen LogP contribution in [0.15, 0.2) is 12.1 Å². The minimum absolute atomic E-state index is 0.620. The molecule has 2 N–H and O–H groups in total. The second-order valence-electron chi connectivity index (χ2n) is 10.9. The third-order valence-electron chi connectivity index (χ3n) is 6.97. The summed E-state index contributed by atoms with van der Waals surface area (Å²) in [6, 6.07) is 4.71. The third-order valence-corrected chi connectivity index (χ3v) is 6.97. The van der Waals surface area contributed by atoms with Gasteiger partial charge in [-0.15, -0.1) is 0 Å². The van der Waals surface area contributed by atoms with Gasteiger partial charge in [0.1, 0.15) is 0 Å². The minimum Gasteiger partial charge on any atom is -0.481 e. The number of unbranched alkanes of at least 4 members (excludes halogenated alkanes) is 6. The van der Waals surface area contributed by atoms with Crippen molar-refractivity contribution in [3.63, 3.8) is 0 Å². The first kappa shape index (κ1) is 28.2. The maximum Gasteiger partial charge on any atom is 0.309 e. The predicted molar refractivity (Wildman–Crippen MR) is 132 cm³/mol. The molecule has 1 rings (SSSR count). The van der Waals surface area contributed by atoms with Crippen LogP contribution in [0.3, 0.4) is 0 Å². The highest BCUT2D eigenvalue weighted by atomic mass is 16.4. The molecule has 1 aromatic rings. The van der Waals surface area contributed by atoms with Crippen LogP contribution in [-0.2, 0) is 22.4 Å². The van der Waals surface area contributed by atoms with Crippen LogP contribution < -0.4 is 0 Å². The fourth-order valence-corrected chi connectivity index (χ4v) is 4.09. The van der Waals surface area contributed by atoms with E-state index < -0.39 is 22.8 Å². The minimum atomic E-state index is -0.706. The molecule has 0 radical (unpaired) electrons. The monoisotopic (exact) mass is 446 g/mol. The largest absolute Gasteiger partial charge is 0.481 e. The highest BCUT2D eigenvalue weighted by Gasteiger charge is 2.26. The lowest BCUT2D eigenvalue weighted by Gasteiger charge is -2.18. The Balaban J connectivity index is 2.44. The van der Waals surface area contributed by atoms with Crippen molar-refractivity contribution in [3.8, 4) is 0 Å². The molecule has 0 aliphatic rings. The van der Waals surface area contributed by atoms with Crippen LogP contribution in [0.2, 0.25) is 0 Å². The molecule has 0 atom stereocenters. The number of carboxylic acid groups (broad SMARTS) is 2. The Labute approximate surface area is 195 Å². The van der Waals surface area contributed by atoms with Gasteiger partial charge in [0.25, 0.3) is 0 Å². The van der Waals surface area contributed by atoms with Gasteiger partial charge in [0.15, 0.2) is 0 Å². The van der Waals surface area contributed by atoms with Gasteiger partial charge >= 0.3 is 11.9 Å². The summed E-state index contributed by atoms with van der Waals surface area (Å²) in [6.45, 7) is 11.6. The molecule has 0 aromatic heterocycles. The fourth-order valence-electron chi connectivity index (χ4n) is 4.09. The van der Waals surface area contributed by atoms with Crippen LogP contribution in [0, 0.1) is 24.7 Å². The summed E-state index contributed by atoms with van der Waals surface area (Å²) in [5, 5.41) is 18.4. The molecule has 4 nitrogen and oxygen atoms in total. The number of aryl methyl sites for hydroxylation is 4. The fraction of sp³-hybridized carbons (Fsp3) is 0.714. The summed E-state index contributed by atoms with van der Waals surface area (Å²) in [7, 11) is 0. The van der Waals surface area contributed by atoms with Crippen molar-refractivity contribution in [1.82, 2.24) is 0 Å². The number of hydrogen-bond acceptors (Lipinski definition) is 2. The number of carboxylic acids is 2. The molecular formula is C28H46O4. The van der Waals surface area contributed by atoms with Gasteiger partial charge in [-0.05, 0) is 102 Å². The molecule has 0 fully saturated rings. The van der Waals surface area contributed by atoms with Crippen molar-refractivity contribution in [3.05, 3.63) is 34.4 Å². The summed E-state index contributed by atoms with van der Waals surface area (Å²) in [5.41, 5.74) is 4.39. The molecule has 4 heteroatoms. The number of aliphatic carboxylic acids is 2. The molecule has 0 spiro atoms. The molecular weight excluding hydrogens is 400 g/mol. The summed E-state index contributed by atoms with van der Waals surface area (Å²) in [6.07, 6.45) is 12.3. The third kappa shape index (κ3) is 9.75. The van der Waals surface area contributed by atoms with E-state index in [1.54, 1.807) is 0 Å². The lowest BCUT2D eigenvalue weighted by Crippen LogP contribution is -2.23. The molecule has 0 unspecified atom stereocenters. The van der Waals surface area contributed by atoms with Crippen molar-refractivity contribution >= 4 is 11.9 Å². The van der Waals surface area contributed by atoms with E-state index in [-0.39, 0.29) is 0 Å². The average molecular weight is 447 g/mol. The van der Waals surface area contributed by atoms with E-state index >= 15 is 0 Å². The molecule has 182 valence electrons. The maximum absolute atomic E-state index is 11.2. The van der Waals surface area contributed by atoms with E-state index in [1.807, 2.05) is 27.7 Å². The lowest BCUT2D eigenvalue weighted by atomic mass is 9.86. The summed E-state index contributed by atoms with van der Waals surface area (Å²) >= 11 is 0. The molecule has 32 heavy (non-hydrogen) atoms. The van der Waals surface area contributed by atoms with E-state index in [0.29, 0.717) is 0 Å². The number of benzene rings is 1. The van der Waals surface area contributed by atoms with Gasteiger partial charge in [-0.25, -0.2) is 0 Å². The van der Waals surface area contributed by atoms with E-state index in [0.717, 1.165) is 77.0 Å². The van der Waals surface area contributed by atoms with Crippen molar-refractivity contribution in [1.29, 1.82) is 0 Å². The van der Waals surface area contributed by atoms with Gasteiger partial charge < -0.3 is 10.2 Å². The number of hydrogen-bond donors (Lipinski definition) is 2. The van der Waals surface area contributed by atoms with Crippen molar-refractivity contribution < 1.29 is 19.8 Å². The topological polar surface area (TPSA) is 74.6 Å². The van der Waals surface area contributed by atoms with Crippen LogP contribution >= 0.6 is 0 Å². The molecule has 0 aliphatic carbocycles. The lowest BCUT2D eigenvalue weighted by molar-refractivity contribution is -0.148. The summed E-state index contributed by atoms with van der Waals surface area (Å²) in [4.78, 5) is 22.4. The summed E-state index contributed by atoms with van der Waals surface area (Å²) < 4.78 is 0. The Morgan fingerprint density at radius 2 is 0.938 bits per heavy atom. The SMILES string of the molecule is Cc1cc(CCCCCCC(C)(C)C(=O)O)c(CCCCCCC(C)(C)C(=O)O)cc1C. The van der Waals surface area contributed by atoms with Crippen LogP contribution in [0.4, 0.5) is 0 Å². The smallest absolute Gasteiger partial charge is 0.309 e. The highest BCUT2D eigenvalue weighted by Crippen LogP contribution is 2.26. The number of carbonyl (C=O) groups is 2. The first-order valence-corrected chi connectivity index (χ1v) is 12.4. The average Bonchev–Trinajstić information content (AvgIpc) is 2.69. The number of rotatable bonds is 16. The maximum atomic E-state index is 11.2. The first-order valence-electron chi connectivity index (χ1n) is 12.4. The van der Waals surface area contributed by atoms with Gasteiger partial charge in [-0.3, -0.25) is 9.59 Å². The van der Waals surface area contributed by atoms with Gasteiger partial charge in [0.05, 0.1) is 10.8 Å². The Morgan fingerprint density at radius 3 is 1.25 bits per heavy atom. The van der Waals surface area contributed by atoms with E-state index in [4.69, 9.17) is 0 Å². The second kappa shape index (κ2) is 13.0. The summed E-state index contributed by atoms with van der Waals surface area (Å²) in [5.74, 6) is -1.41. The van der Waals surface area contributed by atoms with E-state index in [2.05, 4.69) is 26.0 Å². The second-order valence-corrected chi connectivity index (χ2v) is 10.9. The zero-order chi connectivity index (χ0) is 24.4. The van der Waals surface area contributed by atoms with Crippen LogP contribution in [-0.4, -0.2) is 22.2 Å². The molecule has 1 aromatic carbocycles. The van der Waals surface area contributed by atoms with E-state index in [1.165, 1.54) is 22.3 Å². The Bertz CT molecular complexity index is 683. The molecule has 0 bridgehead atoms. The van der Waals surface area contributed by atoms with E-state index in [9.17, 15) is 19.8 Å². The molecule has 0 aliphatic heterocycles. The van der Waals surface area contributed by atoms with Crippen LogP contribution in [0.5, 0.6) is 0 Å². The predicted octanol–water partition coefficient (Wildman–Crippen LogP) is 7.51. The van der Waals surface area contributed by atoms with Crippen LogP contribution in [0.1, 0.15) is 114 Å². The first-order chi connectivity index (χ1) is 14.9. The Morgan fingerprint density at radius 1 is 0.625 bits per heavy atom. The quantitative estimate of drug-likeness (QED) is 0.258. The molecule has 0 amide bonds. The standard InChI is InChI=1S/C28H46O4/c1-21-19-23(15-11-7-9-13-17-27(3,4)25(29)30)24(20-22(21)2)16-12-8-10-14-18-28(5,6)26(31)32/h19-20H,7-18H2,1-6H3,(H,29,30)(H,31,32). The normalized spacial score (nSPS) is 12.2. The van der Waals surface area contributed by atoms with Crippen molar-refractivity contribution in [2.24, 2.45) is 10.8 Å². The van der Waals surface area contributed by atoms with Crippen LogP contribution in [0.25, 0.3) is 0 Å². The molecule has 0 saturated carbocycles. The Kier molecular flexibility index (Phi) is 11.5. The zero-order valence-corrected chi connectivity index (χ0v) is 21.4. The zero-order valence-electron chi connectivity index (χ0n) is 21.4. The van der Waals surface area contributed by atoms with Gasteiger partial charge in [-0.2, -0.15) is 0 Å². The van der Waals surface area contributed by atoms with Crippen molar-refractivity contribution in [2.45, 2.75) is 119 Å². The van der Waals surface area contributed by atoms with Gasteiger partial charge in [-0.1, -0.05) is 50.7 Å². The Hall–Kier alpha value is -1.84. The molecule has 0 saturated heterocycles. The van der Waals surface area contributed by atoms with Gasteiger partial charge in [0, 0.05) is 0 Å².